The van der Waals surface area contributed by atoms with E-state index >= 15 is 0 Å². The number of rotatable bonds is 10. The second kappa shape index (κ2) is 19.9. The fourth-order valence-corrected chi connectivity index (χ4v) is 11.3. The molecule has 0 saturated carbocycles. The molecule has 0 N–H and O–H groups in total. The molecule has 67 heavy (non-hydrogen) atoms. The third-order valence-corrected chi connectivity index (χ3v) is 17.3. The summed E-state index contributed by atoms with van der Waals surface area (Å²) in [6.07, 6.45) is 4.16. The number of para-hydroxylation sites is 2. The Hall–Kier alpha value is -5.66. The van der Waals surface area contributed by atoms with Gasteiger partial charge in [0.25, 0.3) is 0 Å². The van der Waals surface area contributed by atoms with Crippen LogP contribution in [0.3, 0.4) is 0 Å². The van der Waals surface area contributed by atoms with E-state index in [1.165, 1.54) is 48.7 Å². The zero-order valence-corrected chi connectivity index (χ0v) is 44.9. The molecule has 0 spiro atoms. The maximum atomic E-state index is 6.31. The van der Waals surface area contributed by atoms with Crippen molar-refractivity contribution in [3.8, 4) is 39.5 Å². The summed E-state index contributed by atoms with van der Waals surface area (Å²) in [6.45, 7) is 15.7. The maximum Gasteiger partial charge on any atom is 0 e. The van der Waals surface area contributed by atoms with E-state index in [4.69, 9.17) is 14.4 Å². The Labute approximate surface area is 412 Å². The topological polar surface area (TPSA) is 56.7 Å². The molecule has 0 atom stereocenters. The molecule has 6 aromatic carbocycles. The number of aryl methyl sites for hydroxylation is 1. The minimum absolute atomic E-state index is 0. The zero-order chi connectivity index (χ0) is 46.3. The van der Waals surface area contributed by atoms with Crippen LogP contribution in [0.15, 0.2) is 144 Å². The molecule has 0 fully saturated rings. The first kappa shape index (κ1) is 47.8. The van der Waals surface area contributed by atoms with Crippen LogP contribution in [0.4, 0.5) is 0 Å². The smallest absolute Gasteiger partial charge is 0 e. The Kier molecular flexibility index (Phi) is 14.2. The number of pyridine rings is 2. The molecule has 0 aliphatic heterocycles. The predicted molar refractivity (Wildman–Crippen MR) is 281 cm³/mol. The van der Waals surface area contributed by atoms with Gasteiger partial charge in [-0.25, -0.2) is 4.98 Å². The minimum atomic E-state index is -1.73. The predicted octanol–water partition coefficient (Wildman–Crippen LogP) is 16.2. The number of fused-ring (bicyclic) bond motifs is 5. The van der Waals surface area contributed by atoms with Crippen LogP contribution in [-0.2, 0) is 20.1 Å². The van der Waals surface area contributed by atoms with Gasteiger partial charge in [-0.15, -0.1) is 23.8 Å². The van der Waals surface area contributed by atoms with Crippen molar-refractivity contribution >= 4 is 61.5 Å². The number of hydrogen-bond donors (Lipinski definition) is 0. The van der Waals surface area contributed by atoms with Crippen molar-refractivity contribution in [3.63, 3.8) is 0 Å². The zero-order valence-electron chi connectivity index (χ0n) is 40.5. The molecule has 5 nitrogen and oxygen atoms in total. The quantitative estimate of drug-likeness (QED) is 0.101. The largest absolute Gasteiger partial charge is 0 e. The fraction of sp³-hybridized carbons (Fsp3) is 0.250. The van der Waals surface area contributed by atoms with Crippen molar-refractivity contribution < 1.29 is 24.5 Å². The summed E-state index contributed by atoms with van der Waals surface area (Å²) in [5, 5.41) is 4.56. The molecular weight excluding hydrogens is 1060 g/mol. The van der Waals surface area contributed by atoms with Crippen molar-refractivity contribution in [2.45, 2.75) is 96.3 Å². The Morgan fingerprint density at radius 3 is 2.01 bits per heavy atom. The number of nitrogens with zero attached hydrogens (tertiary/aromatic N) is 4. The van der Waals surface area contributed by atoms with Gasteiger partial charge < -0.3 is 8.98 Å². The molecule has 4 aromatic heterocycles. The van der Waals surface area contributed by atoms with Gasteiger partial charge in [-0.1, -0.05) is 95.5 Å². The van der Waals surface area contributed by atoms with Gasteiger partial charge in [-0.05, 0) is 100 Å². The first-order valence-corrected chi connectivity index (χ1v) is 31.0. The van der Waals surface area contributed by atoms with Gasteiger partial charge in [-0.3, -0.25) is 4.98 Å². The standard InChI is InChI=1S/C45H42N3O.C15H18GeN.Ir/c1-7-29(8-2)39-21-20-35-38-24-33(19-22-42(38)49-45(35)47-39)44-46-40-15-11-12-16-41(40)48(44)43-36(27(3)4)25-34(26-37(43)28(5)6)32-18-17-30-13-9-10-14-31(30)23-32;1-12-5-7-13(8-6-12)15-10-9-14(11-17-15)16(2,3)4;/h9-18,20-29H,7-8H2,1-6H3;5-7,9-11H,1-4H3;/q2*-1;. The van der Waals surface area contributed by atoms with E-state index in [2.05, 4.69) is 209 Å². The van der Waals surface area contributed by atoms with Crippen LogP contribution in [-0.4, -0.2) is 32.8 Å². The molecule has 10 aromatic rings. The van der Waals surface area contributed by atoms with Gasteiger partial charge >= 0.3 is 106 Å². The molecule has 0 bridgehead atoms. The van der Waals surface area contributed by atoms with E-state index in [1.54, 1.807) is 0 Å². The van der Waals surface area contributed by atoms with Crippen molar-refractivity contribution in [2.24, 2.45) is 0 Å². The van der Waals surface area contributed by atoms with E-state index < -0.39 is 13.3 Å². The van der Waals surface area contributed by atoms with E-state index in [0.29, 0.717) is 11.6 Å². The van der Waals surface area contributed by atoms with Crippen molar-refractivity contribution in [3.05, 3.63) is 174 Å². The molecule has 0 unspecified atom stereocenters. The number of imidazole rings is 1. The Morgan fingerprint density at radius 2 is 1.36 bits per heavy atom. The summed E-state index contributed by atoms with van der Waals surface area (Å²) >= 11 is -1.73. The van der Waals surface area contributed by atoms with Gasteiger partial charge in [0.05, 0.1) is 22.4 Å². The van der Waals surface area contributed by atoms with Crippen LogP contribution < -0.4 is 4.40 Å². The molecular formula is C60H60GeIrN4O-2. The molecule has 7 heteroatoms. The Morgan fingerprint density at radius 1 is 0.657 bits per heavy atom. The number of furan rings is 1. The summed E-state index contributed by atoms with van der Waals surface area (Å²) in [5.41, 5.74) is 15.1. The van der Waals surface area contributed by atoms with Crippen LogP contribution in [0.25, 0.3) is 83.3 Å². The van der Waals surface area contributed by atoms with Crippen molar-refractivity contribution in [1.29, 1.82) is 0 Å². The number of hydrogen-bond acceptors (Lipinski definition) is 4. The summed E-state index contributed by atoms with van der Waals surface area (Å²) in [5.74, 6) is 9.01. The van der Waals surface area contributed by atoms with Gasteiger partial charge in [0.1, 0.15) is 0 Å². The Bertz CT molecular complexity index is 3310. The van der Waals surface area contributed by atoms with Gasteiger partial charge in [0.15, 0.2) is 0 Å². The van der Waals surface area contributed by atoms with Gasteiger partial charge in [0, 0.05) is 42.8 Å². The molecule has 4 heterocycles. The molecule has 1 radical (unpaired) electrons. The maximum absolute atomic E-state index is 6.31. The van der Waals surface area contributed by atoms with Crippen LogP contribution in [0, 0.1) is 19.1 Å². The molecule has 0 saturated heterocycles. The number of aromatic nitrogens is 4. The average molecular weight is 1120 g/mol. The van der Waals surface area contributed by atoms with Crippen LogP contribution in [0.1, 0.15) is 94.5 Å². The Balaban J connectivity index is 0.000000285. The third-order valence-electron chi connectivity index (χ3n) is 13.1. The van der Waals surface area contributed by atoms with E-state index in [-0.39, 0.29) is 31.9 Å². The summed E-state index contributed by atoms with van der Waals surface area (Å²) in [4.78, 5) is 14.8. The summed E-state index contributed by atoms with van der Waals surface area (Å²) in [6, 6.07) is 54.5. The van der Waals surface area contributed by atoms with Crippen molar-refractivity contribution in [1.82, 2.24) is 19.5 Å². The second-order valence-corrected chi connectivity index (χ2v) is 30.1. The fourth-order valence-electron chi connectivity index (χ4n) is 9.12. The summed E-state index contributed by atoms with van der Waals surface area (Å²) in [7, 11) is 0. The molecule has 0 amide bonds. The van der Waals surface area contributed by atoms with E-state index in [9.17, 15) is 0 Å². The third kappa shape index (κ3) is 9.72. The molecule has 0 aliphatic rings. The first-order chi connectivity index (χ1) is 31.8. The van der Waals surface area contributed by atoms with Gasteiger partial charge in [0.2, 0.25) is 5.71 Å². The molecule has 341 valence electrons. The number of benzene rings is 6. The SMILES string of the molecule is CCC(CC)c1ccc2c(n1)oc1c[c-]c(-c3nc4ccccc4n3-c3c(C(C)C)cc(-c4ccc5ccccc5c4)cc3C(C)C)cc12.Cc1c[c-]c(-c2cc[c]([Ge]([CH3])([CH3])[CH3])cn2)cc1.[Ir]. The van der Waals surface area contributed by atoms with Crippen LogP contribution >= 0.6 is 0 Å². The normalized spacial score (nSPS) is 11.8. The second-order valence-electron chi connectivity index (χ2n) is 19.4. The van der Waals surface area contributed by atoms with Crippen LogP contribution in [0.2, 0.25) is 17.3 Å². The van der Waals surface area contributed by atoms with Crippen LogP contribution in [0.5, 0.6) is 0 Å². The summed E-state index contributed by atoms with van der Waals surface area (Å²) < 4.78 is 10.1. The average Bonchev–Trinajstić information content (AvgIpc) is 3.89. The van der Waals surface area contributed by atoms with Gasteiger partial charge in [-0.2, -0.15) is 0 Å². The monoisotopic (exact) mass is 1120 g/mol. The van der Waals surface area contributed by atoms with E-state index in [0.717, 1.165) is 68.6 Å². The van der Waals surface area contributed by atoms with Crippen molar-refractivity contribution in [2.75, 3.05) is 0 Å². The minimum Gasteiger partial charge on any atom is 0 e. The first-order valence-electron chi connectivity index (χ1n) is 23.7. The molecule has 0 aliphatic carbocycles. The molecule has 10 rings (SSSR count). The van der Waals surface area contributed by atoms with E-state index in [1.807, 2.05) is 18.3 Å².